The number of nitrogens with zero attached hydrogens (tertiary/aromatic N) is 3. The molecular weight excluding hydrogens is 611 g/mol. The monoisotopic (exact) mass is 646 g/mol. The van der Waals surface area contributed by atoms with Crippen LogP contribution in [-0.2, 0) is 32.8 Å². The Morgan fingerprint density at radius 3 is 2.10 bits per heavy atom. The molecule has 0 heterocycles. The number of carbonyl (C=O) groups is 2. The van der Waals surface area contributed by atoms with E-state index >= 15 is 0 Å². The minimum atomic E-state index is -4.15. The third kappa shape index (κ3) is 8.85. The summed E-state index contributed by atoms with van der Waals surface area (Å²) in [4.78, 5) is 29.3. The first-order valence-electron chi connectivity index (χ1n) is 13.3. The lowest BCUT2D eigenvalue weighted by Gasteiger charge is -2.35. The first kappa shape index (κ1) is 32.2. The van der Waals surface area contributed by atoms with Crippen LogP contribution in [0.5, 0.6) is 0 Å². The van der Waals surface area contributed by atoms with E-state index in [1.807, 2.05) is 68.4 Å². The second-order valence-corrected chi connectivity index (χ2v) is 12.9. The minimum Gasteiger partial charge on any atom is -0.352 e. The van der Waals surface area contributed by atoms with Gasteiger partial charge in [-0.3, -0.25) is 9.59 Å². The SMILES string of the molecule is CC[C@H](C)NC(=O)[C@H](Cc1ccccc1)N(Cc1ccc(Br)cc1)C(=O)CN(c1ccc(F)cc1)S(=O)(=O)N(C)C. The van der Waals surface area contributed by atoms with Crippen molar-refractivity contribution in [3.63, 3.8) is 0 Å². The molecule has 0 radical (unpaired) electrons. The number of amides is 2. The molecule has 2 atom stereocenters. The summed E-state index contributed by atoms with van der Waals surface area (Å²) < 4.78 is 43.2. The number of halogens is 2. The smallest absolute Gasteiger partial charge is 0.304 e. The van der Waals surface area contributed by atoms with Gasteiger partial charge >= 0.3 is 10.2 Å². The van der Waals surface area contributed by atoms with Crippen molar-refractivity contribution in [2.75, 3.05) is 24.9 Å². The van der Waals surface area contributed by atoms with Crippen LogP contribution < -0.4 is 9.62 Å². The Labute approximate surface area is 250 Å². The number of hydrogen-bond donors (Lipinski definition) is 1. The largest absolute Gasteiger partial charge is 0.352 e. The highest BCUT2D eigenvalue weighted by Gasteiger charge is 2.35. The highest BCUT2D eigenvalue weighted by atomic mass is 79.9. The molecule has 1 N–H and O–H groups in total. The molecule has 0 saturated carbocycles. The zero-order chi connectivity index (χ0) is 30.2. The highest BCUT2D eigenvalue weighted by Crippen LogP contribution is 2.23. The first-order chi connectivity index (χ1) is 19.4. The molecule has 0 aliphatic carbocycles. The molecule has 0 fully saturated rings. The predicted molar refractivity (Wildman–Crippen MR) is 163 cm³/mol. The van der Waals surface area contributed by atoms with Crippen molar-refractivity contribution in [2.45, 2.75) is 45.3 Å². The van der Waals surface area contributed by atoms with Gasteiger partial charge in [-0.25, -0.2) is 8.70 Å². The van der Waals surface area contributed by atoms with Crippen LogP contribution in [0, 0.1) is 5.82 Å². The zero-order valence-corrected chi connectivity index (χ0v) is 26.0. The van der Waals surface area contributed by atoms with E-state index in [0.29, 0.717) is 6.42 Å². The summed E-state index contributed by atoms with van der Waals surface area (Å²) in [5.74, 6) is -1.45. The number of benzene rings is 3. The number of nitrogens with one attached hydrogen (secondary N) is 1. The molecule has 41 heavy (non-hydrogen) atoms. The first-order valence-corrected chi connectivity index (χ1v) is 15.4. The Morgan fingerprint density at radius 1 is 0.927 bits per heavy atom. The maximum absolute atomic E-state index is 14.2. The summed E-state index contributed by atoms with van der Waals surface area (Å²) in [6.07, 6.45) is 0.923. The maximum atomic E-state index is 14.2. The molecule has 220 valence electrons. The van der Waals surface area contributed by atoms with E-state index in [0.717, 1.165) is 36.3 Å². The average molecular weight is 648 g/mol. The van der Waals surface area contributed by atoms with E-state index in [-0.39, 0.29) is 30.6 Å². The van der Waals surface area contributed by atoms with E-state index in [4.69, 9.17) is 0 Å². The lowest BCUT2D eigenvalue weighted by Crippen LogP contribution is -2.55. The van der Waals surface area contributed by atoms with Gasteiger partial charge in [0.05, 0.1) is 5.69 Å². The lowest BCUT2D eigenvalue weighted by atomic mass is 10.0. The standard InChI is InChI=1S/C30H36BrFN4O4S/c1-5-22(2)33-30(38)28(19-23-9-7-6-8-10-23)35(20-24-11-13-25(31)14-12-24)29(37)21-36(41(39,40)34(3)4)27-17-15-26(32)16-18-27/h6-18,22,28H,5,19-21H2,1-4H3,(H,33,38)/t22-,28-/m0/s1. The van der Waals surface area contributed by atoms with Gasteiger partial charge in [-0.05, 0) is 60.9 Å². The number of rotatable bonds is 13. The molecule has 3 aromatic rings. The quantitative estimate of drug-likeness (QED) is 0.290. The van der Waals surface area contributed by atoms with Gasteiger partial charge in [-0.2, -0.15) is 12.7 Å². The van der Waals surface area contributed by atoms with Crippen LogP contribution in [-0.4, -0.2) is 62.2 Å². The molecule has 0 spiro atoms. The van der Waals surface area contributed by atoms with Gasteiger partial charge in [-0.1, -0.05) is 65.3 Å². The highest BCUT2D eigenvalue weighted by molar-refractivity contribution is 9.10. The molecule has 11 heteroatoms. The number of carbonyl (C=O) groups excluding carboxylic acids is 2. The van der Waals surface area contributed by atoms with E-state index in [2.05, 4.69) is 21.2 Å². The van der Waals surface area contributed by atoms with Crippen molar-refractivity contribution >= 4 is 43.6 Å². The minimum absolute atomic E-state index is 0.0663. The summed E-state index contributed by atoms with van der Waals surface area (Å²) in [6.45, 7) is 3.31. The van der Waals surface area contributed by atoms with Crippen LogP contribution in [0.1, 0.15) is 31.4 Å². The Kier molecular flexibility index (Phi) is 11.5. The maximum Gasteiger partial charge on any atom is 0.304 e. The fraction of sp³-hybridized carbons (Fsp3) is 0.333. The van der Waals surface area contributed by atoms with Crippen molar-refractivity contribution in [3.8, 4) is 0 Å². The van der Waals surface area contributed by atoms with Crippen molar-refractivity contribution in [1.29, 1.82) is 0 Å². The number of anilines is 1. The molecular formula is C30H36BrFN4O4S. The molecule has 3 aromatic carbocycles. The van der Waals surface area contributed by atoms with Crippen molar-refractivity contribution in [3.05, 3.63) is 100 Å². The van der Waals surface area contributed by atoms with E-state index < -0.39 is 34.5 Å². The van der Waals surface area contributed by atoms with Crippen LogP contribution in [0.15, 0.2) is 83.3 Å². The summed E-state index contributed by atoms with van der Waals surface area (Å²) in [5, 5.41) is 3.00. The van der Waals surface area contributed by atoms with Gasteiger partial charge in [0.15, 0.2) is 0 Å². The molecule has 2 amide bonds. The Balaban J connectivity index is 2.08. The van der Waals surface area contributed by atoms with Crippen molar-refractivity contribution < 1.29 is 22.4 Å². The van der Waals surface area contributed by atoms with Crippen molar-refractivity contribution in [1.82, 2.24) is 14.5 Å². The Bertz CT molecular complexity index is 1400. The average Bonchev–Trinajstić information content (AvgIpc) is 2.95. The van der Waals surface area contributed by atoms with Gasteiger partial charge in [0.1, 0.15) is 18.4 Å². The Morgan fingerprint density at radius 2 is 1.54 bits per heavy atom. The Hall–Kier alpha value is -3.28. The molecule has 0 aromatic heterocycles. The fourth-order valence-electron chi connectivity index (χ4n) is 4.11. The van der Waals surface area contributed by atoms with E-state index in [1.165, 1.54) is 31.1 Å². The van der Waals surface area contributed by atoms with Crippen LogP contribution in [0.2, 0.25) is 0 Å². The summed E-state index contributed by atoms with van der Waals surface area (Å²) in [7, 11) is -1.44. The predicted octanol–water partition coefficient (Wildman–Crippen LogP) is 4.76. The van der Waals surface area contributed by atoms with E-state index in [9.17, 15) is 22.4 Å². The third-order valence-electron chi connectivity index (χ3n) is 6.67. The second kappa shape index (κ2) is 14.6. The fourth-order valence-corrected chi connectivity index (χ4v) is 5.43. The zero-order valence-electron chi connectivity index (χ0n) is 23.6. The van der Waals surface area contributed by atoms with Crippen LogP contribution in [0.25, 0.3) is 0 Å². The van der Waals surface area contributed by atoms with Crippen LogP contribution in [0.4, 0.5) is 10.1 Å². The molecule has 0 aliphatic heterocycles. The van der Waals surface area contributed by atoms with Gasteiger partial charge in [-0.15, -0.1) is 0 Å². The molecule has 0 saturated heterocycles. The molecule has 0 bridgehead atoms. The lowest BCUT2D eigenvalue weighted by molar-refractivity contribution is -0.140. The molecule has 3 rings (SSSR count). The second-order valence-electron chi connectivity index (χ2n) is 9.94. The van der Waals surface area contributed by atoms with Gasteiger partial charge in [0.25, 0.3) is 0 Å². The topological polar surface area (TPSA) is 90.0 Å². The molecule has 0 unspecified atom stereocenters. The van der Waals surface area contributed by atoms with Gasteiger partial charge < -0.3 is 10.2 Å². The summed E-state index contributed by atoms with van der Waals surface area (Å²) >= 11 is 3.42. The number of hydrogen-bond acceptors (Lipinski definition) is 4. The van der Waals surface area contributed by atoms with E-state index in [1.54, 1.807) is 0 Å². The molecule has 8 nitrogen and oxygen atoms in total. The van der Waals surface area contributed by atoms with Crippen LogP contribution >= 0.6 is 15.9 Å². The summed E-state index contributed by atoms with van der Waals surface area (Å²) in [6, 6.07) is 20.5. The van der Waals surface area contributed by atoms with Crippen molar-refractivity contribution in [2.24, 2.45) is 0 Å². The van der Waals surface area contributed by atoms with Gasteiger partial charge in [0.2, 0.25) is 11.8 Å². The van der Waals surface area contributed by atoms with Gasteiger partial charge in [0, 0.05) is 37.6 Å². The summed E-state index contributed by atoms with van der Waals surface area (Å²) in [5.41, 5.74) is 1.74. The van der Waals surface area contributed by atoms with Crippen LogP contribution in [0.3, 0.4) is 0 Å². The molecule has 0 aliphatic rings. The normalized spacial score (nSPS) is 13.0. The third-order valence-corrected chi connectivity index (χ3v) is 9.02.